The lowest BCUT2D eigenvalue weighted by atomic mass is 10.1. The van der Waals surface area contributed by atoms with E-state index in [1.54, 1.807) is 18.0 Å². The predicted octanol–water partition coefficient (Wildman–Crippen LogP) is 4.43. The first-order chi connectivity index (χ1) is 10.7. The van der Waals surface area contributed by atoms with Gasteiger partial charge in [-0.05, 0) is 31.0 Å². The maximum Gasteiger partial charge on any atom is 0.239 e. The van der Waals surface area contributed by atoms with Crippen molar-refractivity contribution in [2.75, 3.05) is 0 Å². The van der Waals surface area contributed by atoms with Gasteiger partial charge in [-0.2, -0.15) is 4.98 Å². The average molecular weight is 311 g/mol. The van der Waals surface area contributed by atoms with Gasteiger partial charge in [0.2, 0.25) is 11.7 Å². The molecule has 0 N–H and O–H groups in total. The zero-order valence-corrected chi connectivity index (χ0v) is 13.4. The monoisotopic (exact) mass is 311 g/mol. The smallest absolute Gasteiger partial charge is 0.239 e. The van der Waals surface area contributed by atoms with E-state index in [1.807, 2.05) is 43.5 Å². The van der Waals surface area contributed by atoms with Crippen molar-refractivity contribution in [2.45, 2.75) is 24.9 Å². The third kappa shape index (κ3) is 3.36. The van der Waals surface area contributed by atoms with Gasteiger partial charge >= 0.3 is 0 Å². The van der Waals surface area contributed by atoms with Crippen LogP contribution in [0.25, 0.3) is 11.4 Å². The zero-order valence-electron chi connectivity index (χ0n) is 12.6. The Hall–Kier alpha value is -2.14. The van der Waals surface area contributed by atoms with Crippen LogP contribution in [0.5, 0.6) is 0 Å². The van der Waals surface area contributed by atoms with E-state index in [0.29, 0.717) is 11.7 Å². The minimum atomic E-state index is 0.144. The summed E-state index contributed by atoms with van der Waals surface area (Å²) in [6, 6.07) is 12.1. The number of hydrogen-bond donors (Lipinski definition) is 0. The molecule has 4 nitrogen and oxygen atoms in total. The van der Waals surface area contributed by atoms with Crippen LogP contribution >= 0.6 is 11.8 Å². The van der Waals surface area contributed by atoms with Gasteiger partial charge in [0.15, 0.2) is 0 Å². The van der Waals surface area contributed by atoms with Crippen LogP contribution in [-0.2, 0) is 5.75 Å². The van der Waals surface area contributed by atoms with Crippen molar-refractivity contribution in [3.63, 3.8) is 0 Å². The second-order valence-electron chi connectivity index (χ2n) is 5.09. The van der Waals surface area contributed by atoms with Gasteiger partial charge in [0.1, 0.15) is 0 Å². The van der Waals surface area contributed by atoms with Crippen LogP contribution in [0.3, 0.4) is 0 Å². The molecule has 5 heteroatoms. The molecule has 2 heterocycles. The van der Waals surface area contributed by atoms with E-state index in [0.717, 1.165) is 16.9 Å². The summed E-state index contributed by atoms with van der Waals surface area (Å²) in [6.07, 6.45) is 3.66. The van der Waals surface area contributed by atoms with E-state index in [1.165, 1.54) is 5.56 Å². The highest BCUT2D eigenvalue weighted by atomic mass is 32.2. The fraction of sp³-hybridized carbons (Fsp3) is 0.235. The second-order valence-corrected chi connectivity index (χ2v) is 6.41. The number of nitrogens with zero attached hydrogens (tertiary/aromatic N) is 3. The van der Waals surface area contributed by atoms with Crippen LogP contribution < -0.4 is 0 Å². The molecule has 22 heavy (non-hydrogen) atoms. The molecule has 3 rings (SSSR count). The SMILES string of the molecule is Cc1ccccc1-c1noc(C(C)SCc2cccnc2)n1. The third-order valence-corrected chi connectivity index (χ3v) is 4.60. The fourth-order valence-electron chi connectivity index (χ4n) is 2.11. The Bertz CT molecular complexity index is 742. The van der Waals surface area contributed by atoms with Crippen molar-refractivity contribution in [2.24, 2.45) is 0 Å². The molecule has 0 radical (unpaired) electrons. The number of hydrogen-bond acceptors (Lipinski definition) is 5. The van der Waals surface area contributed by atoms with Gasteiger partial charge in [0.25, 0.3) is 0 Å². The Labute approximate surface area is 134 Å². The van der Waals surface area contributed by atoms with Crippen molar-refractivity contribution in [1.29, 1.82) is 0 Å². The highest BCUT2D eigenvalue weighted by molar-refractivity contribution is 7.98. The Morgan fingerprint density at radius 2 is 2.05 bits per heavy atom. The minimum absolute atomic E-state index is 0.144. The van der Waals surface area contributed by atoms with Gasteiger partial charge in [0.05, 0.1) is 5.25 Å². The van der Waals surface area contributed by atoms with Crippen LogP contribution in [0.1, 0.15) is 29.2 Å². The van der Waals surface area contributed by atoms with Gasteiger partial charge in [-0.15, -0.1) is 11.8 Å². The summed E-state index contributed by atoms with van der Waals surface area (Å²) in [5.74, 6) is 2.19. The third-order valence-electron chi connectivity index (χ3n) is 3.40. The topological polar surface area (TPSA) is 51.8 Å². The van der Waals surface area contributed by atoms with Crippen LogP contribution in [0.2, 0.25) is 0 Å². The molecule has 0 amide bonds. The predicted molar refractivity (Wildman–Crippen MR) is 88.4 cm³/mol. The molecule has 1 unspecified atom stereocenters. The Balaban J connectivity index is 1.69. The minimum Gasteiger partial charge on any atom is -0.338 e. The normalized spacial score (nSPS) is 12.3. The molecule has 0 fully saturated rings. The lowest BCUT2D eigenvalue weighted by molar-refractivity contribution is 0.381. The van der Waals surface area contributed by atoms with Crippen LogP contribution in [0.15, 0.2) is 53.3 Å². The molecular formula is C17H17N3OS. The van der Waals surface area contributed by atoms with Gasteiger partial charge in [0, 0.05) is 23.7 Å². The Kier molecular flexibility index (Phi) is 4.53. The van der Waals surface area contributed by atoms with E-state index >= 15 is 0 Å². The maximum atomic E-state index is 5.43. The molecule has 0 bridgehead atoms. The summed E-state index contributed by atoms with van der Waals surface area (Å²) in [6.45, 7) is 4.13. The molecule has 0 aliphatic heterocycles. The molecule has 3 aromatic rings. The molecular weight excluding hydrogens is 294 g/mol. The molecule has 1 atom stereocenters. The average Bonchev–Trinajstić information content (AvgIpc) is 3.04. The number of rotatable bonds is 5. The van der Waals surface area contributed by atoms with Crippen molar-refractivity contribution in [1.82, 2.24) is 15.1 Å². The Morgan fingerprint density at radius 3 is 2.82 bits per heavy atom. The summed E-state index contributed by atoms with van der Waals surface area (Å²) in [7, 11) is 0. The molecule has 0 saturated heterocycles. The molecule has 0 aliphatic rings. The lowest BCUT2D eigenvalue weighted by Gasteiger charge is -2.05. The molecule has 1 aromatic carbocycles. The van der Waals surface area contributed by atoms with E-state index in [4.69, 9.17) is 4.52 Å². The molecule has 0 saturated carbocycles. The van der Waals surface area contributed by atoms with E-state index in [9.17, 15) is 0 Å². The molecule has 112 valence electrons. The van der Waals surface area contributed by atoms with Crippen LogP contribution in [-0.4, -0.2) is 15.1 Å². The zero-order chi connectivity index (χ0) is 15.4. The highest BCUT2D eigenvalue weighted by Crippen LogP contribution is 2.31. The fourth-order valence-corrected chi connectivity index (χ4v) is 2.96. The van der Waals surface area contributed by atoms with Gasteiger partial charge in [-0.25, -0.2) is 0 Å². The van der Waals surface area contributed by atoms with Crippen LogP contribution in [0, 0.1) is 6.92 Å². The maximum absolute atomic E-state index is 5.43. The summed E-state index contributed by atoms with van der Waals surface area (Å²) < 4.78 is 5.43. The van der Waals surface area contributed by atoms with Crippen molar-refractivity contribution in [3.05, 3.63) is 65.8 Å². The van der Waals surface area contributed by atoms with E-state index in [-0.39, 0.29) is 5.25 Å². The van der Waals surface area contributed by atoms with E-state index in [2.05, 4.69) is 28.1 Å². The quantitative estimate of drug-likeness (QED) is 0.697. The highest BCUT2D eigenvalue weighted by Gasteiger charge is 2.16. The number of benzene rings is 1. The van der Waals surface area contributed by atoms with Gasteiger partial charge in [-0.1, -0.05) is 35.5 Å². The van der Waals surface area contributed by atoms with Gasteiger partial charge in [-0.3, -0.25) is 4.98 Å². The standard InChI is InChI=1S/C17H17N3OS/c1-12-6-3-4-8-15(12)16-19-17(21-20-16)13(2)22-11-14-7-5-9-18-10-14/h3-10,13H,11H2,1-2H3. The second kappa shape index (κ2) is 6.75. The van der Waals surface area contributed by atoms with E-state index < -0.39 is 0 Å². The lowest BCUT2D eigenvalue weighted by Crippen LogP contribution is -1.91. The summed E-state index contributed by atoms with van der Waals surface area (Å²) in [5, 5.41) is 4.26. The van der Waals surface area contributed by atoms with Crippen molar-refractivity contribution >= 4 is 11.8 Å². The Morgan fingerprint density at radius 1 is 1.18 bits per heavy atom. The number of pyridine rings is 1. The first-order valence-electron chi connectivity index (χ1n) is 7.14. The molecule has 2 aromatic heterocycles. The number of aryl methyl sites for hydroxylation is 1. The number of thioether (sulfide) groups is 1. The van der Waals surface area contributed by atoms with Crippen LogP contribution in [0.4, 0.5) is 0 Å². The van der Waals surface area contributed by atoms with Crippen molar-refractivity contribution < 1.29 is 4.52 Å². The summed E-state index contributed by atoms with van der Waals surface area (Å²) in [5.41, 5.74) is 3.35. The van der Waals surface area contributed by atoms with Crippen molar-refractivity contribution in [3.8, 4) is 11.4 Å². The molecule has 0 aliphatic carbocycles. The largest absolute Gasteiger partial charge is 0.338 e. The summed E-state index contributed by atoms with van der Waals surface area (Å²) >= 11 is 1.76. The molecule has 0 spiro atoms. The first kappa shape index (κ1) is 14.8. The number of aromatic nitrogens is 3. The van der Waals surface area contributed by atoms with Gasteiger partial charge < -0.3 is 4.52 Å². The first-order valence-corrected chi connectivity index (χ1v) is 8.19. The summed E-state index contributed by atoms with van der Waals surface area (Å²) in [4.78, 5) is 8.66.